The quantitative estimate of drug-likeness (QED) is 0.722. The van der Waals surface area contributed by atoms with Crippen molar-refractivity contribution in [3.8, 4) is 5.75 Å². The molecule has 3 rings (SSSR count). The van der Waals surface area contributed by atoms with Gasteiger partial charge in [-0.05, 0) is 23.8 Å². The highest BCUT2D eigenvalue weighted by Crippen LogP contribution is 2.22. The van der Waals surface area contributed by atoms with Crippen LogP contribution in [-0.2, 0) is 0 Å². The standard InChI is InChI=1S/C17H14N2O/c1-12(13-7-9-15(20-2)10-8-13)17-18-11-14-5-3-4-6-16(14)19-17/h3-11H,1H2,2H3. The van der Waals surface area contributed by atoms with Crippen LogP contribution in [0.15, 0.2) is 61.3 Å². The van der Waals surface area contributed by atoms with Crippen molar-refractivity contribution < 1.29 is 4.74 Å². The monoisotopic (exact) mass is 262 g/mol. The van der Waals surface area contributed by atoms with Gasteiger partial charge in [0, 0.05) is 17.2 Å². The molecule has 0 aliphatic rings. The van der Waals surface area contributed by atoms with E-state index in [-0.39, 0.29) is 0 Å². The number of hydrogen-bond donors (Lipinski definition) is 0. The molecule has 0 amide bonds. The Kier molecular flexibility index (Phi) is 3.17. The summed E-state index contributed by atoms with van der Waals surface area (Å²) in [4.78, 5) is 8.94. The first kappa shape index (κ1) is 12.4. The average molecular weight is 262 g/mol. The smallest absolute Gasteiger partial charge is 0.159 e. The molecule has 0 aliphatic heterocycles. The predicted molar refractivity (Wildman–Crippen MR) is 80.7 cm³/mol. The molecule has 0 unspecified atom stereocenters. The highest BCUT2D eigenvalue weighted by molar-refractivity contribution is 5.81. The van der Waals surface area contributed by atoms with E-state index in [0.717, 1.165) is 27.8 Å². The lowest BCUT2D eigenvalue weighted by atomic mass is 10.1. The second-order valence-electron chi connectivity index (χ2n) is 4.46. The molecular formula is C17H14N2O. The Morgan fingerprint density at radius 3 is 2.55 bits per heavy atom. The van der Waals surface area contributed by atoms with Gasteiger partial charge in [-0.15, -0.1) is 0 Å². The number of ether oxygens (including phenoxy) is 1. The van der Waals surface area contributed by atoms with Gasteiger partial charge in [0.2, 0.25) is 0 Å². The molecule has 0 fully saturated rings. The fraction of sp³-hybridized carbons (Fsp3) is 0.0588. The van der Waals surface area contributed by atoms with Gasteiger partial charge in [0.25, 0.3) is 0 Å². The van der Waals surface area contributed by atoms with Crippen molar-refractivity contribution in [2.45, 2.75) is 0 Å². The van der Waals surface area contributed by atoms with E-state index in [4.69, 9.17) is 4.74 Å². The molecule has 3 heteroatoms. The number of rotatable bonds is 3. The SMILES string of the molecule is C=C(c1ccc(OC)cc1)c1ncc2ccccc2n1. The molecule has 0 bridgehead atoms. The Hall–Kier alpha value is -2.68. The molecule has 0 atom stereocenters. The van der Waals surface area contributed by atoms with Crippen LogP contribution >= 0.6 is 0 Å². The number of para-hydroxylation sites is 1. The Balaban J connectivity index is 1.98. The van der Waals surface area contributed by atoms with Crippen LogP contribution in [0, 0.1) is 0 Å². The Bertz CT molecular complexity index is 763. The molecule has 1 heterocycles. The van der Waals surface area contributed by atoms with Crippen LogP contribution in [0.3, 0.4) is 0 Å². The van der Waals surface area contributed by atoms with Crippen LogP contribution in [-0.4, -0.2) is 17.1 Å². The number of nitrogens with zero attached hydrogens (tertiary/aromatic N) is 2. The summed E-state index contributed by atoms with van der Waals surface area (Å²) in [6, 6.07) is 15.6. The van der Waals surface area contributed by atoms with Crippen molar-refractivity contribution in [1.29, 1.82) is 0 Å². The molecule has 2 aromatic carbocycles. The highest BCUT2D eigenvalue weighted by atomic mass is 16.5. The third-order valence-corrected chi connectivity index (χ3v) is 3.20. The molecule has 0 aliphatic carbocycles. The number of benzene rings is 2. The molecule has 0 saturated heterocycles. The number of fused-ring (bicyclic) bond motifs is 1. The lowest BCUT2D eigenvalue weighted by molar-refractivity contribution is 0.415. The molecule has 0 saturated carbocycles. The third kappa shape index (κ3) is 2.26. The van der Waals surface area contributed by atoms with E-state index in [2.05, 4.69) is 16.5 Å². The van der Waals surface area contributed by atoms with E-state index in [9.17, 15) is 0 Å². The van der Waals surface area contributed by atoms with Gasteiger partial charge < -0.3 is 4.74 Å². The van der Waals surface area contributed by atoms with E-state index in [1.54, 1.807) is 7.11 Å². The minimum absolute atomic E-state index is 0.647. The summed E-state index contributed by atoms with van der Waals surface area (Å²) in [6.07, 6.45) is 1.83. The van der Waals surface area contributed by atoms with E-state index >= 15 is 0 Å². The number of hydrogen-bond acceptors (Lipinski definition) is 3. The zero-order chi connectivity index (χ0) is 13.9. The molecule has 0 radical (unpaired) electrons. The van der Waals surface area contributed by atoms with Crippen LogP contribution in [0.1, 0.15) is 11.4 Å². The van der Waals surface area contributed by atoms with E-state index in [1.165, 1.54) is 0 Å². The summed E-state index contributed by atoms with van der Waals surface area (Å²) in [7, 11) is 1.65. The maximum atomic E-state index is 5.15. The largest absolute Gasteiger partial charge is 0.497 e. The first-order valence-corrected chi connectivity index (χ1v) is 6.33. The van der Waals surface area contributed by atoms with Crippen LogP contribution in [0.2, 0.25) is 0 Å². The van der Waals surface area contributed by atoms with Crippen LogP contribution < -0.4 is 4.74 Å². The number of methoxy groups -OCH3 is 1. The molecule has 0 N–H and O–H groups in total. The second kappa shape index (κ2) is 5.13. The molecular weight excluding hydrogens is 248 g/mol. The average Bonchev–Trinajstić information content (AvgIpc) is 2.54. The molecule has 1 aromatic heterocycles. The minimum atomic E-state index is 0.647. The highest BCUT2D eigenvalue weighted by Gasteiger charge is 2.06. The van der Waals surface area contributed by atoms with Gasteiger partial charge in [-0.25, -0.2) is 9.97 Å². The van der Waals surface area contributed by atoms with Gasteiger partial charge in [-0.1, -0.05) is 36.9 Å². The Labute approximate surface area is 117 Å². The topological polar surface area (TPSA) is 35.0 Å². The number of aromatic nitrogens is 2. The lowest BCUT2D eigenvalue weighted by Gasteiger charge is -2.07. The van der Waals surface area contributed by atoms with Gasteiger partial charge in [0.1, 0.15) is 5.75 Å². The van der Waals surface area contributed by atoms with Crippen molar-refractivity contribution in [3.05, 3.63) is 72.7 Å². The zero-order valence-electron chi connectivity index (χ0n) is 11.2. The molecule has 3 nitrogen and oxygen atoms in total. The molecule has 3 aromatic rings. The van der Waals surface area contributed by atoms with Crippen molar-refractivity contribution >= 4 is 16.5 Å². The summed E-state index contributed by atoms with van der Waals surface area (Å²) in [5.41, 5.74) is 2.71. The maximum absolute atomic E-state index is 5.15. The van der Waals surface area contributed by atoms with E-state index < -0.39 is 0 Å². The summed E-state index contributed by atoms with van der Waals surface area (Å²) in [5, 5.41) is 1.03. The first-order chi connectivity index (χ1) is 9.78. The van der Waals surface area contributed by atoms with Gasteiger partial charge in [0.15, 0.2) is 5.82 Å². The van der Waals surface area contributed by atoms with Crippen LogP contribution in [0.25, 0.3) is 16.5 Å². The molecule has 20 heavy (non-hydrogen) atoms. The van der Waals surface area contributed by atoms with Crippen molar-refractivity contribution in [3.63, 3.8) is 0 Å². The van der Waals surface area contributed by atoms with Gasteiger partial charge in [-0.3, -0.25) is 0 Å². The van der Waals surface area contributed by atoms with Crippen LogP contribution in [0.5, 0.6) is 5.75 Å². The summed E-state index contributed by atoms with van der Waals surface area (Å²) in [6.45, 7) is 4.09. The van der Waals surface area contributed by atoms with E-state index in [0.29, 0.717) is 5.82 Å². The lowest BCUT2D eigenvalue weighted by Crippen LogP contribution is -1.95. The van der Waals surface area contributed by atoms with Crippen molar-refractivity contribution in [2.75, 3.05) is 7.11 Å². The van der Waals surface area contributed by atoms with Gasteiger partial charge >= 0.3 is 0 Å². The van der Waals surface area contributed by atoms with E-state index in [1.807, 2.05) is 54.7 Å². The van der Waals surface area contributed by atoms with Crippen LogP contribution in [0.4, 0.5) is 0 Å². The Morgan fingerprint density at radius 1 is 1.05 bits per heavy atom. The zero-order valence-corrected chi connectivity index (χ0v) is 11.2. The maximum Gasteiger partial charge on any atom is 0.159 e. The third-order valence-electron chi connectivity index (χ3n) is 3.20. The first-order valence-electron chi connectivity index (χ1n) is 6.33. The fourth-order valence-electron chi connectivity index (χ4n) is 2.04. The Morgan fingerprint density at radius 2 is 1.80 bits per heavy atom. The van der Waals surface area contributed by atoms with Gasteiger partial charge in [0.05, 0.1) is 12.6 Å². The molecule has 98 valence electrons. The molecule has 0 spiro atoms. The second-order valence-corrected chi connectivity index (χ2v) is 4.46. The van der Waals surface area contributed by atoms with Crippen molar-refractivity contribution in [1.82, 2.24) is 9.97 Å². The summed E-state index contributed by atoms with van der Waals surface area (Å²) < 4.78 is 5.15. The summed E-state index contributed by atoms with van der Waals surface area (Å²) >= 11 is 0. The summed E-state index contributed by atoms with van der Waals surface area (Å²) in [5.74, 6) is 1.47. The fourth-order valence-corrected chi connectivity index (χ4v) is 2.04. The minimum Gasteiger partial charge on any atom is -0.497 e. The normalized spacial score (nSPS) is 10.4. The van der Waals surface area contributed by atoms with Gasteiger partial charge in [-0.2, -0.15) is 0 Å². The van der Waals surface area contributed by atoms with Crippen molar-refractivity contribution in [2.24, 2.45) is 0 Å². The predicted octanol–water partition coefficient (Wildman–Crippen LogP) is 3.70.